The van der Waals surface area contributed by atoms with Gasteiger partial charge in [0.05, 0.1) is 0 Å². The van der Waals surface area contributed by atoms with Gasteiger partial charge < -0.3 is 16.0 Å². The molecule has 5 nitrogen and oxygen atoms in total. The molecule has 0 aromatic heterocycles. The van der Waals surface area contributed by atoms with Gasteiger partial charge in [0.1, 0.15) is 6.04 Å². The third-order valence-electron chi connectivity index (χ3n) is 3.76. The number of carbonyl (C=O) groups excluding carboxylic acids is 2. The molecule has 2 aliphatic rings. The number of hydrogen-bond acceptors (Lipinski definition) is 3. The molecule has 2 fully saturated rings. The summed E-state index contributed by atoms with van der Waals surface area (Å²) in [6.45, 7) is 0.689. The van der Waals surface area contributed by atoms with Gasteiger partial charge in [-0.2, -0.15) is 0 Å². The molecule has 1 aliphatic heterocycles. The summed E-state index contributed by atoms with van der Waals surface area (Å²) in [6, 6.07) is -0.299. The van der Waals surface area contributed by atoms with Gasteiger partial charge in [-0.05, 0) is 31.6 Å². The molecule has 2 unspecified atom stereocenters. The summed E-state index contributed by atoms with van der Waals surface area (Å²) in [5, 5.41) is 2.62. The molecule has 0 aromatic carbocycles. The lowest BCUT2D eigenvalue weighted by molar-refractivity contribution is -0.138. The number of hydrogen-bond donors (Lipinski definition) is 2. The van der Waals surface area contributed by atoms with Gasteiger partial charge in [0, 0.05) is 26.1 Å². The molecule has 1 saturated heterocycles. The molecule has 96 valence electrons. The van der Waals surface area contributed by atoms with Crippen LogP contribution < -0.4 is 11.1 Å². The Labute approximate surface area is 102 Å². The predicted octanol–water partition coefficient (Wildman–Crippen LogP) is -0.149. The smallest absolute Gasteiger partial charge is 0.242 e. The second kappa shape index (κ2) is 5.04. The first-order valence-corrected chi connectivity index (χ1v) is 6.40. The van der Waals surface area contributed by atoms with Crippen LogP contribution in [0.25, 0.3) is 0 Å². The summed E-state index contributed by atoms with van der Waals surface area (Å²) in [4.78, 5) is 25.4. The van der Waals surface area contributed by atoms with Crippen molar-refractivity contribution in [1.29, 1.82) is 0 Å². The largest absolute Gasteiger partial charge is 0.357 e. The fraction of sp³-hybridized carbons (Fsp3) is 0.833. The quantitative estimate of drug-likeness (QED) is 0.716. The molecular formula is C12H21N3O2. The van der Waals surface area contributed by atoms with Crippen LogP contribution >= 0.6 is 0 Å². The van der Waals surface area contributed by atoms with Gasteiger partial charge in [-0.15, -0.1) is 0 Å². The molecule has 1 saturated carbocycles. The number of likely N-dealkylation sites (tertiary alicyclic amines) is 1. The minimum atomic E-state index is -0.279. The molecule has 5 heteroatoms. The zero-order chi connectivity index (χ0) is 12.4. The highest BCUT2D eigenvalue weighted by Crippen LogP contribution is 2.33. The second-order valence-corrected chi connectivity index (χ2v) is 5.06. The number of carbonyl (C=O) groups is 2. The van der Waals surface area contributed by atoms with Gasteiger partial charge in [0.2, 0.25) is 11.8 Å². The maximum atomic E-state index is 12.1. The van der Waals surface area contributed by atoms with Crippen LogP contribution in [-0.4, -0.2) is 42.4 Å². The maximum absolute atomic E-state index is 12.1. The van der Waals surface area contributed by atoms with Crippen LogP contribution in [0, 0.1) is 5.92 Å². The van der Waals surface area contributed by atoms with E-state index in [9.17, 15) is 9.59 Å². The van der Waals surface area contributed by atoms with Crippen molar-refractivity contribution in [3.63, 3.8) is 0 Å². The van der Waals surface area contributed by atoms with Crippen LogP contribution in [0.5, 0.6) is 0 Å². The summed E-state index contributed by atoms with van der Waals surface area (Å²) < 4.78 is 0. The maximum Gasteiger partial charge on any atom is 0.242 e. The van der Waals surface area contributed by atoms with Gasteiger partial charge in [0.15, 0.2) is 0 Å². The Balaban J connectivity index is 1.90. The zero-order valence-corrected chi connectivity index (χ0v) is 10.3. The van der Waals surface area contributed by atoms with Gasteiger partial charge >= 0.3 is 0 Å². The van der Waals surface area contributed by atoms with E-state index in [1.807, 2.05) is 0 Å². The summed E-state index contributed by atoms with van der Waals surface area (Å²) in [5.41, 5.74) is 5.95. The predicted molar refractivity (Wildman–Crippen MR) is 64.1 cm³/mol. The monoisotopic (exact) mass is 239 g/mol. The van der Waals surface area contributed by atoms with Crippen molar-refractivity contribution in [1.82, 2.24) is 10.2 Å². The Hall–Kier alpha value is -1.10. The Morgan fingerprint density at radius 3 is 2.71 bits per heavy atom. The first-order valence-electron chi connectivity index (χ1n) is 6.40. The van der Waals surface area contributed by atoms with Crippen LogP contribution in [0.2, 0.25) is 0 Å². The van der Waals surface area contributed by atoms with E-state index in [1.54, 1.807) is 11.9 Å². The minimum absolute atomic E-state index is 0.0200. The van der Waals surface area contributed by atoms with Crippen molar-refractivity contribution in [2.24, 2.45) is 11.7 Å². The van der Waals surface area contributed by atoms with Gasteiger partial charge in [-0.25, -0.2) is 0 Å². The Morgan fingerprint density at radius 2 is 2.12 bits per heavy atom. The number of rotatable bonds is 4. The van der Waals surface area contributed by atoms with Crippen molar-refractivity contribution in [3.8, 4) is 0 Å². The van der Waals surface area contributed by atoms with Crippen molar-refractivity contribution in [2.45, 2.75) is 44.2 Å². The molecular weight excluding hydrogens is 218 g/mol. The first kappa shape index (κ1) is 12.4. The molecule has 0 radical (unpaired) electrons. The number of nitrogens with two attached hydrogens (primary N) is 1. The van der Waals surface area contributed by atoms with Gasteiger partial charge in [-0.1, -0.05) is 0 Å². The highest BCUT2D eigenvalue weighted by atomic mass is 16.2. The van der Waals surface area contributed by atoms with Gasteiger partial charge in [0.25, 0.3) is 0 Å². The van der Waals surface area contributed by atoms with Crippen LogP contribution in [-0.2, 0) is 9.59 Å². The Kier molecular flexibility index (Phi) is 3.66. The van der Waals surface area contributed by atoms with E-state index < -0.39 is 0 Å². The molecule has 1 heterocycles. The summed E-state index contributed by atoms with van der Waals surface area (Å²) in [7, 11) is 1.61. The lowest BCUT2D eigenvalue weighted by atomic mass is 10.1. The van der Waals surface area contributed by atoms with E-state index in [0.29, 0.717) is 18.9 Å². The van der Waals surface area contributed by atoms with E-state index >= 15 is 0 Å². The average Bonchev–Trinajstić information content (AvgIpc) is 3.05. The lowest BCUT2D eigenvalue weighted by Crippen LogP contribution is -2.46. The summed E-state index contributed by atoms with van der Waals surface area (Å²) >= 11 is 0. The summed E-state index contributed by atoms with van der Waals surface area (Å²) in [5.74, 6) is 0.506. The molecule has 2 rings (SSSR count). The topological polar surface area (TPSA) is 75.4 Å². The highest BCUT2D eigenvalue weighted by molar-refractivity contribution is 5.88. The SMILES string of the molecule is CNC(=O)C1CCCN1C(=O)CC(N)C1CC1. The fourth-order valence-electron chi connectivity index (χ4n) is 2.51. The third-order valence-corrected chi connectivity index (χ3v) is 3.76. The first-order chi connectivity index (χ1) is 8.13. The van der Waals surface area contributed by atoms with Crippen LogP contribution in [0.1, 0.15) is 32.1 Å². The molecule has 1 aliphatic carbocycles. The molecule has 2 atom stereocenters. The molecule has 3 N–H and O–H groups in total. The van der Waals surface area contributed by atoms with E-state index in [0.717, 1.165) is 25.7 Å². The Morgan fingerprint density at radius 1 is 1.41 bits per heavy atom. The van der Waals surface area contributed by atoms with Crippen LogP contribution in [0.4, 0.5) is 0 Å². The van der Waals surface area contributed by atoms with Crippen molar-refractivity contribution >= 4 is 11.8 Å². The number of amides is 2. The van der Waals surface area contributed by atoms with Crippen molar-refractivity contribution in [3.05, 3.63) is 0 Å². The van der Waals surface area contributed by atoms with E-state index in [2.05, 4.69) is 5.32 Å². The third kappa shape index (κ3) is 2.77. The van der Waals surface area contributed by atoms with E-state index in [4.69, 9.17) is 5.73 Å². The normalized spacial score (nSPS) is 25.8. The zero-order valence-electron chi connectivity index (χ0n) is 10.3. The Bertz CT molecular complexity index is 315. The molecule has 17 heavy (non-hydrogen) atoms. The molecule has 0 spiro atoms. The lowest BCUT2D eigenvalue weighted by Gasteiger charge is -2.24. The number of nitrogens with zero attached hydrogens (tertiary/aromatic N) is 1. The molecule has 0 bridgehead atoms. The highest BCUT2D eigenvalue weighted by Gasteiger charge is 2.36. The van der Waals surface area contributed by atoms with Crippen molar-refractivity contribution in [2.75, 3.05) is 13.6 Å². The van der Waals surface area contributed by atoms with Gasteiger partial charge in [-0.3, -0.25) is 9.59 Å². The van der Waals surface area contributed by atoms with Crippen LogP contribution in [0.3, 0.4) is 0 Å². The van der Waals surface area contributed by atoms with E-state index in [-0.39, 0.29) is 23.9 Å². The number of nitrogens with one attached hydrogen (secondary N) is 1. The second-order valence-electron chi connectivity index (χ2n) is 5.06. The standard InChI is InChI=1S/C12H21N3O2/c1-14-12(17)10-3-2-6-15(10)11(16)7-9(13)8-4-5-8/h8-10H,2-7,13H2,1H3,(H,14,17). The van der Waals surface area contributed by atoms with Crippen LogP contribution in [0.15, 0.2) is 0 Å². The molecule has 2 amide bonds. The minimum Gasteiger partial charge on any atom is -0.357 e. The molecule has 0 aromatic rings. The fourth-order valence-corrected chi connectivity index (χ4v) is 2.51. The average molecular weight is 239 g/mol. The number of likely N-dealkylation sites (N-methyl/N-ethyl adjacent to an activating group) is 1. The van der Waals surface area contributed by atoms with E-state index in [1.165, 1.54) is 0 Å². The summed E-state index contributed by atoms with van der Waals surface area (Å²) in [6.07, 6.45) is 4.35. The van der Waals surface area contributed by atoms with Crippen molar-refractivity contribution < 1.29 is 9.59 Å².